The van der Waals surface area contributed by atoms with Crippen LogP contribution in [-0.4, -0.2) is 22.1 Å². The first-order chi connectivity index (χ1) is 9.40. The molecule has 2 nitrogen and oxygen atoms in total. The molecule has 0 aliphatic heterocycles. The number of nitrogens with zero attached hydrogens (tertiary/aromatic N) is 1. The van der Waals surface area contributed by atoms with Crippen molar-refractivity contribution < 1.29 is 0 Å². The fraction of sp³-hybridized carbons (Fsp3) is 0.533. The molecular formula is C15H22Cl2N2S. The van der Waals surface area contributed by atoms with Crippen molar-refractivity contribution >= 4 is 46.2 Å². The zero-order valence-corrected chi connectivity index (χ0v) is 14.7. The molecule has 0 saturated carbocycles. The van der Waals surface area contributed by atoms with Gasteiger partial charge in [0.1, 0.15) is 0 Å². The SMILES string of the molecule is CCC(C)N(C(=S)Nc1cc(Cl)ccc1Cl)C(C)CC. The van der Waals surface area contributed by atoms with Gasteiger partial charge in [0.2, 0.25) is 0 Å². The predicted molar refractivity (Wildman–Crippen MR) is 94.0 cm³/mol. The Kier molecular flexibility index (Phi) is 7.07. The van der Waals surface area contributed by atoms with Gasteiger partial charge < -0.3 is 10.2 Å². The highest BCUT2D eigenvalue weighted by molar-refractivity contribution is 7.80. The number of rotatable bonds is 5. The highest BCUT2D eigenvalue weighted by Gasteiger charge is 2.21. The van der Waals surface area contributed by atoms with E-state index in [1.807, 2.05) is 0 Å². The molecule has 112 valence electrons. The minimum atomic E-state index is 0.378. The third-order valence-electron chi connectivity index (χ3n) is 3.54. The van der Waals surface area contributed by atoms with Crippen LogP contribution in [0.5, 0.6) is 0 Å². The minimum Gasteiger partial charge on any atom is -0.344 e. The topological polar surface area (TPSA) is 15.3 Å². The van der Waals surface area contributed by atoms with Gasteiger partial charge >= 0.3 is 0 Å². The van der Waals surface area contributed by atoms with Crippen LogP contribution in [0.25, 0.3) is 0 Å². The van der Waals surface area contributed by atoms with Gasteiger partial charge in [-0.2, -0.15) is 0 Å². The molecule has 0 amide bonds. The zero-order valence-electron chi connectivity index (χ0n) is 12.4. The molecule has 0 heterocycles. The van der Waals surface area contributed by atoms with Crippen LogP contribution in [0.4, 0.5) is 5.69 Å². The van der Waals surface area contributed by atoms with Crippen LogP contribution in [0, 0.1) is 0 Å². The van der Waals surface area contributed by atoms with Gasteiger partial charge in [-0.3, -0.25) is 0 Å². The van der Waals surface area contributed by atoms with E-state index in [2.05, 4.69) is 37.9 Å². The van der Waals surface area contributed by atoms with Gasteiger partial charge in [0.15, 0.2) is 5.11 Å². The lowest BCUT2D eigenvalue weighted by Gasteiger charge is -2.36. The zero-order chi connectivity index (χ0) is 15.3. The Balaban J connectivity index is 2.93. The van der Waals surface area contributed by atoms with E-state index in [1.54, 1.807) is 18.2 Å². The van der Waals surface area contributed by atoms with Crippen molar-refractivity contribution in [1.82, 2.24) is 4.90 Å². The van der Waals surface area contributed by atoms with Gasteiger partial charge in [0, 0.05) is 17.1 Å². The second-order valence-electron chi connectivity index (χ2n) is 4.98. The van der Waals surface area contributed by atoms with E-state index in [9.17, 15) is 0 Å². The average Bonchev–Trinajstić information content (AvgIpc) is 2.42. The van der Waals surface area contributed by atoms with Crippen molar-refractivity contribution in [2.24, 2.45) is 0 Å². The number of anilines is 1. The molecule has 0 aliphatic carbocycles. The Hall–Kier alpha value is -0.510. The number of halogens is 2. The average molecular weight is 333 g/mol. The van der Waals surface area contributed by atoms with E-state index in [4.69, 9.17) is 35.4 Å². The van der Waals surface area contributed by atoms with Gasteiger partial charge in [-0.25, -0.2) is 0 Å². The Labute approximate surface area is 137 Å². The highest BCUT2D eigenvalue weighted by Crippen LogP contribution is 2.26. The Morgan fingerprint density at radius 2 is 1.75 bits per heavy atom. The van der Waals surface area contributed by atoms with Crippen LogP contribution in [0.2, 0.25) is 10.0 Å². The van der Waals surface area contributed by atoms with Crippen LogP contribution in [0.1, 0.15) is 40.5 Å². The first kappa shape index (κ1) is 17.5. The molecule has 0 bridgehead atoms. The van der Waals surface area contributed by atoms with Crippen LogP contribution >= 0.6 is 35.4 Å². The molecule has 2 atom stereocenters. The Bertz CT molecular complexity index is 455. The van der Waals surface area contributed by atoms with E-state index >= 15 is 0 Å². The van der Waals surface area contributed by atoms with Crippen molar-refractivity contribution in [2.45, 2.75) is 52.6 Å². The van der Waals surface area contributed by atoms with Crippen LogP contribution in [-0.2, 0) is 0 Å². The first-order valence-corrected chi connectivity index (χ1v) is 8.11. The molecule has 1 aromatic rings. The van der Waals surface area contributed by atoms with Gasteiger partial charge in [-0.05, 0) is 57.1 Å². The van der Waals surface area contributed by atoms with E-state index < -0.39 is 0 Å². The standard InChI is InChI=1S/C15H22Cl2N2S/c1-5-10(3)19(11(4)6-2)15(20)18-14-9-12(16)7-8-13(14)17/h7-11H,5-6H2,1-4H3,(H,18,20). The molecule has 1 aromatic carbocycles. The van der Waals surface area contributed by atoms with Gasteiger partial charge in [-0.15, -0.1) is 0 Å². The Morgan fingerprint density at radius 1 is 1.20 bits per heavy atom. The first-order valence-electron chi connectivity index (χ1n) is 6.95. The van der Waals surface area contributed by atoms with E-state index in [0.717, 1.165) is 18.5 Å². The van der Waals surface area contributed by atoms with Gasteiger partial charge in [0.05, 0.1) is 10.7 Å². The maximum atomic E-state index is 6.17. The molecule has 0 aliphatic rings. The second-order valence-corrected chi connectivity index (χ2v) is 6.21. The monoisotopic (exact) mass is 332 g/mol. The third-order valence-corrected chi connectivity index (χ3v) is 4.41. The summed E-state index contributed by atoms with van der Waals surface area (Å²) in [6, 6.07) is 6.08. The minimum absolute atomic E-state index is 0.378. The summed E-state index contributed by atoms with van der Waals surface area (Å²) in [6.45, 7) is 8.68. The molecule has 5 heteroatoms. The molecular weight excluding hydrogens is 311 g/mol. The highest BCUT2D eigenvalue weighted by atomic mass is 35.5. The summed E-state index contributed by atoms with van der Waals surface area (Å²) < 4.78 is 0. The summed E-state index contributed by atoms with van der Waals surface area (Å²) in [5.74, 6) is 0. The van der Waals surface area contributed by atoms with Gasteiger partial charge in [0.25, 0.3) is 0 Å². The molecule has 2 unspecified atom stereocenters. The summed E-state index contributed by atoms with van der Waals surface area (Å²) in [7, 11) is 0. The lowest BCUT2D eigenvalue weighted by Crippen LogP contribution is -2.46. The van der Waals surface area contributed by atoms with Crippen molar-refractivity contribution in [1.29, 1.82) is 0 Å². The quantitative estimate of drug-likeness (QED) is 0.707. The lowest BCUT2D eigenvalue weighted by atomic mass is 10.1. The summed E-state index contributed by atoms with van der Waals surface area (Å²) >= 11 is 17.7. The summed E-state index contributed by atoms with van der Waals surface area (Å²) in [5, 5.41) is 5.17. The number of hydrogen-bond donors (Lipinski definition) is 1. The number of nitrogens with one attached hydrogen (secondary N) is 1. The van der Waals surface area contributed by atoms with Crippen LogP contribution in [0.3, 0.4) is 0 Å². The fourth-order valence-corrected chi connectivity index (χ4v) is 2.81. The van der Waals surface area contributed by atoms with E-state index in [0.29, 0.717) is 27.2 Å². The van der Waals surface area contributed by atoms with Crippen molar-refractivity contribution in [3.05, 3.63) is 28.2 Å². The molecule has 1 N–H and O–H groups in total. The molecule has 0 radical (unpaired) electrons. The summed E-state index contributed by atoms with van der Waals surface area (Å²) in [6.07, 6.45) is 2.07. The van der Waals surface area contributed by atoms with Gasteiger partial charge in [-0.1, -0.05) is 37.0 Å². The van der Waals surface area contributed by atoms with Crippen LogP contribution in [0.15, 0.2) is 18.2 Å². The van der Waals surface area contributed by atoms with E-state index in [1.165, 1.54) is 0 Å². The molecule has 0 aromatic heterocycles. The molecule has 20 heavy (non-hydrogen) atoms. The second kappa shape index (κ2) is 8.06. The largest absolute Gasteiger partial charge is 0.344 e. The number of hydrogen-bond acceptors (Lipinski definition) is 1. The molecule has 0 saturated heterocycles. The summed E-state index contributed by atoms with van der Waals surface area (Å²) in [5.41, 5.74) is 0.751. The smallest absolute Gasteiger partial charge is 0.173 e. The normalized spacial score (nSPS) is 13.7. The molecule has 0 spiro atoms. The summed E-state index contributed by atoms with van der Waals surface area (Å²) in [4.78, 5) is 2.23. The molecule has 1 rings (SSSR count). The maximum Gasteiger partial charge on any atom is 0.173 e. The van der Waals surface area contributed by atoms with Crippen LogP contribution < -0.4 is 5.32 Å². The lowest BCUT2D eigenvalue weighted by molar-refractivity contribution is 0.254. The van der Waals surface area contributed by atoms with Crippen molar-refractivity contribution in [3.63, 3.8) is 0 Å². The Morgan fingerprint density at radius 3 is 2.25 bits per heavy atom. The number of thiocarbonyl (C=S) groups is 1. The fourth-order valence-electron chi connectivity index (χ4n) is 2.00. The third kappa shape index (κ3) is 4.51. The maximum absolute atomic E-state index is 6.17. The number of benzene rings is 1. The molecule has 0 fully saturated rings. The van der Waals surface area contributed by atoms with E-state index in [-0.39, 0.29) is 0 Å². The van der Waals surface area contributed by atoms with Crippen molar-refractivity contribution in [3.8, 4) is 0 Å². The predicted octanol–water partition coefficient (Wildman–Crippen LogP) is 5.59. The van der Waals surface area contributed by atoms with Crippen molar-refractivity contribution in [2.75, 3.05) is 5.32 Å².